The Morgan fingerprint density at radius 3 is 2.90 bits per heavy atom. The van der Waals surface area contributed by atoms with Crippen molar-refractivity contribution in [1.29, 1.82) is 0 Å². The molecule has 2 atom stereocenters. The van der Waals surface area contributed by atoms with E-state index in [0.717, 1.165) is 30.7 Å². The first-order valence-corrected chi connectivity index (χ1v) is 9.25. The molecule has 0 aliphatic heterocycles. The Bertz CT molecular complexity index is 1200. The molecule has 0 unspecified atom stereocenters. The summed E-state index contributed by atoms with van der Waals surface area (Å²) in [6.45, 7) is 0. The van der Waals surface area contributed by atoms with Crippen LogP contribution in [0.1, 0.15) is 31.0 Å². The van der Waals surface area contributed by atoms with Crippen LogP contribution in [0.15, 0.2) is 39.8 Å². The van der Waals surface area contributed by atoms with E-state index in [2.05, 4.69) is 40.3 Å². The van der Waals surface area contributed by atoms with E-state index in [1.54, 1.807) is 18.0 Å². The third-order valence-corrected chi connectivity index (χ3v) is 5.12. The van der Waals surface area contributed by atoms with Crippen molar-refractivity contribution in [2.75, 3.05) is 12.4 Å². The first-order chi connectivity index (χ1) is 14.2. The molecule has 11 nitrogen and oxygen atoms in total. The van der Waals surface area contributed by atoms with E-state index in [1.807, 2.05) is 24.3 Å². The van der Waals surface area contributed by atoms with Crippen LogP contribution in [0.5, 0.6) is 5.75 Å². The minimum Gasteiger partial charge on any atom is -0.497 e. The summed E-state index contributed by atoms with van der Waals surface area (Å²) in [7, 11) is 1.62. The molecule has 0 spiro atoms. The molecule has 3 heterocycles. The first kappa shape index (κ1) is 17.3. The van der Waals surface area contributed by atoms with Crippen LogP contribution >= 0.6 is 0 Å². The Morgan fingerprint density at radius 2 is 2.14 bits per heavy atom. The molecule has 0 bridgehead atoms. The number of benzene rings is 1. The highest BCUT2D eigenvalue weighted by molar-refractivity contribution is 5.72. The maximum atomic E-state index is 11.2. The SMILES string of the molecule is COc1ccc(-n2nnc3cnc(N[C@@H]4CC[C@H](c5noc(=O)[nH]5)C4)nc32)cc1. The van der Waals surface area contributed by atoms with E-state index >= 15 is 0 Å². The molecule has 148 valence electrons. The van der Waals surface area contributed by atoms with Crippen LogP contribution < -0.4 is 15.8 Å². The van der Waals surface area contributed by atoms with Crippen molar-refractivity contribution >= 4 is 17.1 Å². The average molecular weight is 394 g/mol. The molecule has 29 heavy (non-hydrogen) atoms. The van der Waals surface area contributed by atoms with Gasteiger partial charge >= 0.3 is 5.76 Å². The normalized spacial score (nSPS) is 18.9. The molecule has 3 aromatic heterocycles. The van der Waals surface area contributed by atoms with Crippen LogP contribution in [0, 0.1) is 0 Å². The number of hydrogen-bond acceptors (Lipinski definition) is 9. The number of H-pyrrole nitrogens is 1. The third-order valence-electron chi connectivity index (χ3n) is 5.12. The zero-order chi connectivity index (χ0) is 19.8. The molecule has 1 fully saturated rings. The predicted molar refractivity (Wildman–Crippen MR) is 102 cm³/mol. The number of fused-ring (bicyclic) bond motifs is 1. The van der Waals surface area contributed by atoms with Crippen molar-refractivity contribution in [3.05, 3.63) is 46.8 Å². The van der Waals surface area contributed by atoms with Crippen molar-refractivity contribution in [2.24, 2.45) is 0 Å². The lowest BCUT2D eigenvalue weighted by Crippen LogP contribution is -2.17. The Labute approximate surface area is 164 Å². The Morgan fingerprint density at radius 1 is 1.28 bits per heavy atom. The van der Waals surface area contributed by atoms with Gasteiger partial charge in [0.2, 0.25) is 5.95 Å². The van der Waals surface area contributed by atoms with Crippen molar-refractivity contribution in [3.63, 3.8) is 0 Å². The standard InChI is InChI=1S/C18H18N8O3/c1-28-13-6-4-12(5-7-13)26-16-14(23-25-26)9-19-17(22-16)20-11-3-2-10(8-11)15-21-18(27)29-24-15/h4-7,9-11H,2-3,8H2,1H3,(H,19,20,22)(H,21,24,27)/t10-,11+/m0/s1. The van der Waals surface area contributed by atoms with Gasteiger partial charge in [0, 0.05) is 12.0 Å². The Balaban J connectivity index is 1.36. The van der Waals surface area contributed by atoms with Crippen molar-refractivity contribution in [2.45, 2.75) is 31.2 Å². The fourth-order valence-corrected chi connectivity index (χ4v) is 3.66. The van der Waals surface area contributed by atoms with E-state index in [1.165, 1.54) is 0 Å². The highest BCUT2D eigenvalue weighted by atomic mass is 16.5. The largest absolute Gasteiger partial charge is 0.497 e. The van der Waals surface area contributed by atoms with Crippen molar-refractivity contribution in [3.8, 4) is 11.4 Å². The number of ether oxygens (including phenoxy) is 1. The topological polar surface area (TPSA) is 137 Å². The number of rotatable bonds is 5. The minimum atomic E-state index is -0.524. The Kier molecular flexibility index (Phi) is 4.19. The second kappa shape index (κ2) is 7.00. The van der Waals surface area contributed by atoms with Gasteiger partial charge < -0.3 is 10.1 Å². The highest BCUT2D eigenvalue weighted by Gasteiger charge is 2.29. The molecule has 11 heteroatoms. The summed E-state index contributed by atoms with van der Waals surface area (Å²) in [6.07, 6.45) is 4.27. The van der Waals surface area contributed by atoms with Gasteiger partial charge in [-0.05, 0) is 43.5 Å². The van der Waals surface area contributed by atoms with E-state index in [-0.39, 0.29) is 12.0 Å². The maximum absolute atomic E-state index is 11.2. The number of nitrogens with one attached hydrogen (secondary N) is 2. The number of nitrogens with zero attached hydrogens (tertiary/aromatic N) is 6. The van der Waals surface area contributed by atoms with Gasteiger partial charge in [-0.15, -0.1) is 5.10 Å². The van der Waals surface area contributed by atoms with E-state index < -0.39 is 5.76 Å². The molecule has 1 aromatic carbocycles. The molecule has 1 aliphatic carbocycles. The quantitative estimate of drug-likeness (QED) is 0.517. The summed E-state index contributed by atoms with van der Waals surface area (Å²) in [5, 5.41) is 15.5. The third kappa shape index (κ3) is 3.30. The summed E-state index contributed by atoms with van der Waals surface area (Å²) < 4.78 is 11.5. The lowest BCUT2D eigenvalue weighted by atomic mass is 10.1. The smallest absolute Gasteiger partial charge is 0.438 e. The van der Waals surface area contributed by atoms with Crippen LogP contribution in [0.3, 0.4) is 0 Å². The zero-order valence-corrected chi connectivity index (χ0v) is 15.6. The fourth-order valence-electron chi connectivity index (χ4n) is 3.66. The highest BCUT2D eigenvalue weighted by Crippen LogP contribution is 2.33. The molecule has 1 saturated carbocycles. The van der Waals surface area contributed by atoms with Gasteiger partial charge in [0.1, 0.15) is 5.75 Å². The van der Waals surface area contributed by atoms with Crippen molar-refractivity contribution < 1.29 is 9.26 Å². The molecule has 1 aliphatic rings. The molecule has 0 saturated heterocycles. The summed E-state index contributed by atoms with van der Waals surface area (Å²) >= 11 is 0. The first-order valence-electron chi connectivity index (χ1n) is 9.25. The van der Waals surface area contributed by atoms with Gasteiger partial charge in [-0.3, -0.25) is 9.51 Å². The molecule has 0 radical (unpaired) electrons. The van der Waals surface area contributed by atoms with Gasteiger partial charge in [-0.25, -0.2) is 9.78 Å². The minimum absolute atomic E-state index is 0.147. The van der Waals surface area contributed by atoms with Gasteiger partial charge in [0.25, 0.3) is 0 Å². The van der Waals surface area contributed by atoms with Crippen LogP contribution in [-0.4, -0.2) is 48.3 Å². The van der Waals surface area contributed by atoms with E-state index in [4.69, 9.17) is 4.74 Å². The second-order valence-corrected chi connectivity index (χ2v) is 6.93. The summed E-state index contributed by atoms with van der Waals surface area (Å²) in [5.41, 5.74) is 2.05. The lowest BCUT2D eigenvalue weighted by molar-refractivity contribution is 0.377. The average Bonchev–Trinajstić information content (AvgIpc) is 3.47. The Hall–Kier alpha value is -3.76. The molecule has 5 rings (SSSR count). The van der Waals surface area contributed by atoms with E-state index in [9.17, 15) is 4.79 Å². The lowest BCUT2D eigenvalue weighted by Gasteiger charge is -2.12. The predicted octanol–water partition coefficient (Wildman–Crippen LogP) is 1.64. The molecular formula is C18H18N8O3. The maximum Gasteiger partial charge on any atom is 0.438 e. The second-order valence-electron chi connectivity index (χ2n) is 6.93. The summed E-state index contributed by atoms with van der Waals surface area (Å²) in [5.74, 6) is 1.49. The van der Waals surface area contributed by atoms with Crippen LogP contribution in [0.4, 0.5) is 5.95 Å². The zero-order valence-electron chi connectivity index (χ0n) is 15.6. The van der Waals surface area contributed by atoms with Gasteiger partial charge in [0.05, 0.1) is 19.0 Å². The van der Waals surface area contributed by atoms with Gasteiger partial charge in [-0.1, -0.05) is 10.4 Å². The van der Waals surface area contributed by atoms with Crippen LogP contribution in [0.2, 0.25) is 0 Å². The number of anilines is 1. The molecular weight excluding hydrogens is 376 g/mol. The monoisotopic (exact) mass is 394 g/mol. The van der Waals surface area contributed by atoms with Crippen molar-refractivity contribution in [1.82, 2.24) is 35.1 Å². The number of hydrogen-bond donors (Lipinski definition) is 2. The number of aromatic nitrogens is 7. The molecule has 2 N–H and O–H groups in total. The fraction of sp³-hybridized carbons (Fsp3) is 0.333. The van der Waals surface area contributed by atoms with Gasteiger partial charge in [0.15, 0.2) is 17.0 Å². The van der Waals surface area contributed by atoms with Crippen LogP contribution in [0.25, 0.3) is 16.9 Å². The van der Waals surface area contributed by atoms with Crippen LogP contribution in [-0.2, 0) is 0 Å². The molecule has 0 amide bonds. The number of methoxy groups -OCH3 is 1. The summed E-state index contributed by atoms with van der Waals surface area (Å²) in [4.78, 5) is 22.8. The van der Waals surface area contributed by atoms with E-state index in [0.29, 0.717) is 22.9 Å². The number of aromatic amines is 1. The molecule has 4 aromatic rings. The van der Waals surface area contributed by atoms with Gasteiger partial charge in [-0.2, -0.15) is 9.67 Å². The summed E-state index contributed by atoms with van der Waals surface area (Å²) in [6, 6.07) is 7.67.